The molecular formula is C17H29N3O4. The Kier molecular flexibility index (Phi) is 9.76. The molecule has 0 bridgehead atoms. The highest BCUT2D eigenvalue weighted by molar-refractivity contribution is 6.12. The number of unbranched alkanes of at least 4 members (excludes halogenated alkanes) is 4. The average molecular weight is 339 g/mol. The number of nitrogens with one attached hydrogen (secondary N) is 1. The first-order chi connectivity index (χ1) is 11.6. The van der Waals surface area contributed by atoms with Crippen LogP contribution in [0.25, 0.3) is 0 Å². The zero-order valence-corrected chi connectivity index (χ0v) is 14.5. The van der Waals surface area contributed by atoms with E-state index in [1.807, 2.05) is 6.92 Å². The Morgan fingerprint density at radius 3 is 2.33 bits per heavy atom. The third-order valence-corrected chi connectivity index (χ3v) is 4.00. The van der Waals surface area contributed by atoms with Crippen molar-refractivity contribution in [1.82, 2.24) is 15.1 Å². The minimum atomic E-state index is -0.856. The van der Waals surface area contributed by atoms with Crippen LogP contribution in [-0.2, 0) is 9.59 Å². The molecule has 3 amide bonds. The molecule has 136 valence electrons. The van der Waals surface area contributed by atoms with Crippen LogP contribution in [0.2, 0.25) is 0 Å². The van der Waals surface area contributed by atoms with Crippen molar-refractivity contribution >= 4 is 17.9 Å². The lowest BCUT2D eigenvalue weighted by Crippen LogP contribution is -2.36. The van der Waals surface area contributed by atoms with Crippen LogP contribution in [0, 0.1) is 0 Å². The van der Waals surface area contributed by atoms with Gasteiger partial charge < -0.3 is 15.3 Å². The van der Waals surface area contributed by atoms with Gasteiger partial charge in [0.15, 0.2) is 0 Å². The fourth-order valence-electron chi connectivity index (χ4n) is 2.52. The van der Waals surface area contributed by atoms with E-state index in [0.717, 1.165) is 45.1 Å². The molecule has 0 atom stereocenters. The van der Waals surface area contributed by atoms with Crippen LogP contribution in [0.1, 0.15) is 45.4 Å². The van der Waals surface area contributed by atoms with E-state index in [-0.39, 0.29) is 11.8 Å². The molecule has 0 fully saturated rings. The highest BCUT2D eigenvalue weighted by Crippen LogP contribution is 2.07. The zero-order chi connectivity index (χ0) is 17.8. The molecule has 2 N–H and O–H groups in total. The monoisotopic (exact) mass is 339 g/mol. The van der Waals surface area contributed by atoms with Crippen LogP contribution >= 0.6 is 0 Å². The van der Waals surface area contributed by atoms with Crippen molar-refractivity contribution in [1.29, 1.82) is 0 Å². The standard InChI is InChI=1S/C17H29N3O4/c1-2-3-12-19(17(23)24)14-11-18-10-6-4-5-7-13-20-15(21)8-9-16(20)22/h8-9,18H,2-7,10-14H2,1H3,(H,23,24). The van der Waals surface area contributed by atoms with E-state index >= 15 is 0 Å². The van der Waals surface area contributed by atoms with Gasteiger partial charge in [-0.3, -0.25) is 14.5 Å². The van der Waals surface area contributed by atoms with Gasteiger partial charge in [-0.05, 0) is 25.8 Å². The number of carbonyl (C=O) groups excluding carboxylic acids is 2. The van der Waals surface area contributed by atoms with Gasteiger partial charge in [-0.1, -0.05) is 26.2 Å². The summed E-state index contributed by atoms with van der Waals surface area (Å²) in [6, 6.07) is 0. The van der Waals surface area contributed by atoms with Gasteiger partial charge in [0, 0.05) is 38.3 Å². The van der Waals surface area contributed by atoms with Gasteiger partial charge >= 0.3 is 6.09 Å². The molecule has 7 heteroatoms. The molecule has 24 heavy (non-hydrogen) atoms. The summed E-state index contributed by atoms with van der Waals surface area (Å²) in [5, 5.41) is 12.3. The Balaban J connectivity index is 1.95. The second-order valence-corrected chi connectivity index (χ2v) is 5.95. The van der Waals surface area contributed by atoms with E-state index in [9.17, 15) is 14.4 Å². The second kappa shape index (κ2) is 11.6. The Morgan fingerprint density at radius 1 is 1.04 bits per heavy atom. The number of carbonyl (C=O) groups is 3. The molecule has 0 aromatic heterocycles. The van der Waals surface area contributed by atoms with Gasteiger partial charge in [0.05, 0.1) is 0 Å². The largest absolute Gasteiger partial charge is 0.465 e. The Hall–Kier alpha value is -1.89. The van der Waals surface area contributed by atoms with Crippen molar-refractivity contribution in [2.24, 2.45) is 0 Å². The Labute approximate surface area is 143 Å². The molecule has 0 unspecified atom stereocenters. The van der Waals surface area contributed by atoms with Crippen molar-refractivity contribution in [3.63, 3.8) is 0 Å². The first-order valence-corrected chi connectivity index (χ1v) is 8.78. The van der Waals surface area contributed by atoms with E-state index in [0.29, 0.717) is 26.2 Å². The molecule has 0 aromatic rings. The number of amides is 3. The average Bonchev–Trinajstić information content (AvgIpc) is 2.87. The van der Waals surface area contributed by atoms with E-state index < -0.39 is 6.09 Å². The Bertz CT molecular complexity index is 433. The molecule has 0 aliphatic carbocycles. The number of hydrogen-bond donors (Lipinski definition) is 2. The number of hydrogen-bond acceptors (Lipinski definition) is 4. The predicted octanol–water partition coefficient (Wildman–Crippen LogP) is 1.84. The van der Waals surface area contributed by atoms with Crippen molar-refractivity contribution in [3.05, 3.63) is 12.2 Å². The first kappa shape index (κ1) is 20.2. The predicted molar refractivity (Wildman–Crippen MR) is 91.7 cm³/mol. The topological polar surface area (TPSA) is 90.0 Å². The molecule has 1 aliphatic heterocycles. The molecule has 0 saturated carbocycles. The van der Waals surface area contributed by atoms with E-state index in [1.165, 1.54) is 22.0 Å². The quantitative estimate of drug-likeness (QED) is 0.395. The molecular weight excluding hydrogens is 310 g/mol. The van der Waals surface area contributed by atoms with Gasteiger partial charge in [-0.25, -0.2) is 4.79 Å². The van der Waals surface area contributed by atoms with Gasteiger partial charge in [-0.15, -0.1) is 0 Å². The highest BCUT2D eigenvalue weighted by Gasteiger charge is 2.22. The SMILES string of the molecule is CCCCN(CCNCCCCCCN1C(=O)C=CC1=O)C(=O)O. The Morgan fingerprint density at radius 2 is 1.71 bits per heavy atom. The summed E-state index contributed by atoms with van der Waals surface area (Å²) >= 11 is 0. The van der Waals surface area contributed by atoms with Gasteiger partial charge in [0.1, 0.15) is 0 Å². The summed E-state index contributed by atoms with van der Waals surface area (Å²) < 4.78 is 0. The lowest BCUT2D eigenvalue weighted by Gasteiger charge is -2.19. The van der Waals surface area contributed by atoms with E-state index in [1.54, 1.807) is 0 Å². The van der Waals surface area contributed by atoms with Gasteiger partial charge in [0.2, 0.25) is 0 Å². The summed E-state index contributed by atoms with van der Waals surface area (Å²) in [7, 11) is 0. The number of nitrogens with zero attached hydrogens (tertiary/aromatic N) is 2. The molecule has 7 nitrogen and oxygen atoms in total. The molecule has 1 aliphatic rings. The third-order valence-electron chi connectivity index (χ3n) is 4.00. The molecule has 1 heterocycles. The van der Waals surface area contributed by atoms with Crippen LogP contribution < -0.4 is 5.32 Å². The van der Waals surface area contributed by atoms with Crippen molar-refractivity contribution < 1.29 is 19.5 Å². The zero-order valence-electron chi connectivity index (χ0n) is 14.5. The minimum Gasteiger partial charge on any atom is -0.465 e. The molecule has 0 aromatic carbocycles. The fraction of sp³-hybridized carbons (Fsp3) is 0.706. The molecule has 1 rings (SSSR count). The van der Waals surface area contributed by atoms with Crippen LogP contribution in [0.15, 0.2) is 12.2 Å². The smallest absolute Gasteiger partial charge is 0.407 e. The normalized spacial score (nSPS) is 13.8. The number of carboxylic acid groups (broad SMARTS) is 1. The van der Waals surface area contributed by atoms with Crippen LogP contribution in [-0.4, -0.2) is 65.5 Å². The van der Waals surface area contributed by atoms with Crippen molar-refractivity contribution in [2.75, 3.05) is 32.7 Å². The molecule has 0 radical (unpaired) electrons. The number of rotatable bonds is 13. The third kappa shape index (κ3) is 7.59. The maximum absolute atomic E-state index is 11.4. The van der Waals surface area contributed by atoms with Gasteiger partial charge in [0.25, 0.3) is 11.8 Å². The second-order valence-electron chi connectivity index (χ2n) is 5.95. The van der Waals surface area contributed by atoms with Crippen LogP contribution in [0.3, 0.4) is 0 Å². The minimum absolute atomic E-state index is 0.215. The number of imide groups is 1. The summed E-state index contributed by atoms with van der Waals surface area (Å²) in [6.07, 6.45) is 7.47. The lowest BCUT2D eigenvalue weighted by molar-refractivity contribution is -0.136. The van der Waals surface area contributed by atoms with Crippen LogP contribution in [0.5, 0.6) is 0 Å². The fourth-order valence-corrected chi connectivity index (χ4v) is 2.52. The maximum Gasteiger partial charge on any atom is 0.407 e. The maximum atomic E-state index is 11.4. The van der Waals surface area contributed by atoms with Crippen molar-refractivity contribution in [2.45, 2.75) is 45.4 Å². The van der Waals surface area contributed by atoms with E-state index in [2.05, 4.69) is 5.32 Å². The first-order valence-electron chi connectivity index (χ1n) is 8.78. The van der Waals surface area contributed by atoms with Gasteiger partial charge in [-0.2, -0.15) is 0 Å². The summed E-state index contributed by atoms with van der Waals surface area (Å²) in [5.74, 6) is -0.430. The van der Waals surface area contributed by atoms with E-state index in [4.69, 9.17) is 5.11 Å². The summed E-state index contributed by atoms with van der Waals surface area (Å²) in [6.45, 7) is 5.16. The molecule has 0 saturated heterocycles. The summed E-state index contributed by atoms with van der Waals surface area (Å²) in [4.78, 5) is 36.5. The van der Waals surface area contributed by atoms with Crippen molar-refractivity contribution in [3.8, 4) is 0 Å². The lowest BCUT2D eigenvalue weighted by atomic mass is 10.2. The van der Waals surface area contributed by atoms with Crippen LogP contribution in [0.4, 0.5) is 4.79 Å². The summed E-state index contributed by atoms with van der Waals surface area (Å²) in [5.41, 5.74) is 0. The molecule has 0 spiro atoms. The highest BCUT2D eigenvalue weighted by atomic mass is 16.4.